The molecule has 1 aromatic carbocycles. The molecule has 1 unspecified atom stereocenters. The summed E-state index contributed by atoms with van der Waals surface area (Å²) < 4.78 is 0. The lowest BCUT2D eigenvalue weighted by Crippen LogP contribution is -2.44. The second-order valence-electron chi connectivity index (χ2n) is 5.87. The van der Waals surface area contributed by atoms with Crippen LogP contribution in [0.1, 0.15) is 18.9 Å². The van der Waals surface area contributed by atoms with Gasteiger partial charge in [-0.25, -0.2) is 0 Å². The Morgan fingerprint density at radius 2 is 1.96 bits per heavy atom. The molecule has 3 rings (SSSR count). The minimum Gasteiger partial charge on any atom is -0.327 e. The van der Waals surface area contributed by atoms with Crippen LogP contribution in [0.4, 0.5) is 5.69 Å². The molecule has 2 aromatic rings. The predicted octanol–water partition coefficient (Wildman–Crippen LogP) is 2.75. The highest BCUT2D eigenvalue weighted by molar-refractivity contribution is 6.03. The molecule has 128 valence electrons. The molecule has 0 bridgehead atoms. The Kier molecular flexibility index (Phi) is 5.23. The van der Waals surface area contributed by atoms with Crippen LogP contribution in [-0.4, -0.2) is 40.8 Å². The lowest BCUT2D eigenvalue weighted by molar-refractivity contribution is -0.134. The minimum atomic E-state index is -0.403. The van der Waals surface area contributed by atoms with Crippen LogP contribution in [-0.2, 0) is 9.59 Å². The first-order valence-electron chi connectivity index (χ1n) is 8.46. The molecule has 0 saturated carbocycles. The van der Waals surface area contributed by atoms with Gasteiger partial charge >= 0.3 is 0 Å². The lowest BCUT2D eigenvalue weighted by atomic mass is 10.2. The van der Waals surface area contributed by atoms with Crippen LogP contribution in [0, 0.1) is 0 Å². The molecule has 1 aliphatic rings. The molecular formula is C20H21N3O2. The van der Waals surface area contributed by atoms with E-state index in [0.717, 1.165) is 11.3 Å². The first-order chi connectivity index (χ1) is 12.2. The second kappa shape index (κ2) is 7.75. The number of para-hydroxylation sites is 1. The van der Waals surface area contributed by atoms with E-state index in [2.05, 4.69) is 4.98 Å². The number of benzene rings is 1. The number of hydrogen-bond donors (Lipinski definition) is 0. The summed E-state index contributed by atoms with van der Waals surface area (Å²) in [6.45, 7) is 3.03. The van der Waals surface area contributed by atoms with Gasteiger partial charge < -0.3 is 9.80 Å². The van der Waals surface area contributed by atoms with Crippen molar-refractivity contribution in [2.75, 3.05) is 18.0 Å². The van der Waals surface area contributed by atoms with Crippen molar-refractivity contribution < 1.29 is 9.59 Å². The maximum Gasteiger partial charge on any atom is 0.249 e. The van der Waals surface area contributed by atoms with Crippen molar-refractivity contribution in [3.63, 3.8) is 0 Å². The molecule has 1 aliphatic heterocycles. The van der Waals surface area contributed by atoms with Gasteiger partial charge in [0.05, 0.1) is 0 Å². The van der Waals surface area contributed by atoms with Gasteiger partial charge in [0.15, 0.2) is 0 Å². The summed E-state index contributed by atoms with van der Waals surface area (Å²) >= 11 is 0. The van der Waals surface area contributed by atoms with Crippen LogP contribution in [0.5, 0.6) is 0 Å². The van der Waals surface area contributed by atoms with Crippen molar-refractivity contribution in [3.8, 4) is 0 Å². The maximum absolute atomic E-state index is 12.8. The van der Waals surface area contributed by atoms with Gasteiger partial charge in [-0.1, -0.05) is 18.2 Å². The summed E-state index contributed by atoms with van der Waals surface area (Å²) in [6, 6.07) is 12.8. The van der Waals surface area contributed by atoms with E-state index >= 15 is 0 Å². The summed E-state index contributed by atoms with van der Waals surface area (Å²) in [5.41, 5.74) is 1.79. The third-order valence-electron chi connectivity index (χ3n) is 4.37. The van der Waals surface area contributed by atoms with Gasteiger partial charge in [-0.05, 0) is 49.2 Å². The van der Waals surface area contributed by atoms with Crippen molar-refractivity contribution in [1.82, 2.24) is 9.88 Å². The maximum atomic E-state index is 12.8. The Morgan fingerprint density at radius 1 is 1.24 bits per heavy atom. The zero-order valence-corrected chi connectivity index (χ0v) is 14.2. The zero-order chi connectivity index (χ0) is 17.6. The van der Waals surface area contributed by atoms with Crippen molar-refractivity contribution in [1.29, 1.82) is 0 Å². The number of hydrogen-bond acceptors (Lipinski definition) is 3. The number of likely N-dealkylation sites (N-methyl/N-ethyl adjacent to an activating group) is 1. The van der Waals surface area contributed by atoms with Crippen molar-refractivity contribution >= 4 is 23.6 Å². The molecule has 1 atom stereocenters. The molecule has 1 saturated heterocycles. The van der Waals surface area contributed by atoms with E-state index in [9.17, 15) is 9.59 Å². The Morgan fingerprint density at radius 3 is 2.64 bits per heavy atom. The van der Waals surface area contributed by atoms with Gasteiger partial charge in [-0.2, -0.15) is 0 Å². The first-order valence-corrected chi connectivity index (χ1v) is 8.46. The van der Waals surface area contributed by atoms with Crippen LogP contribution in [0.15, 0.2) is 60.9 Å². The highest BCUT2D eigenvalue weighted by Gasteiger charge is 2.37. The molecule has 0 aliphatic carbocycles. The van der Waals surface area contributed by atoms with Gasteiger partial charge in [-0.3, -0.25) is 14.6 Å². The average molecular weight is 335 g/mol. The molecule has 5 heteroatoms. The molecule has 0 spiro atoms. The Labute approximate surface area is 147 Å². The number of anilines is 1. The number of amides is 2. The third-order valence-corrected chi connectivity index (χ3v) is 4.37. The van der Waals surface area contributed by atoms with Crippen LogP contribution < -0.4 is 4.90 Å². The minimum absolute atomic E-state index is 0.0151. The van der Waals surface area contributed by atoms with Gasteiger partial charge in [0.2, 0.25) is 11.8 Å². The van der Waals surface area contributed by atoms with Gasteiger partial charge in [0.1, 0.15) is 6.04 Å². The molecule has 1 aromatic heterocycles. The van der Waals surface area contributed by atoms with Crippen LogP contribution >= 0.6 is 0 Å². The zero-order valence-electron chi connectivity index (χ0n) is 14.2. The van der Waals surface area contributed by atoms with E-state index in [1.807, 2.05) is 49.4 Å². The van der Waals surface area contributed by atoms with Crippen LogP contribution in [0.3, 0.4) is 0 Å². The van der Waals surface area contributed by atoms with E-state index in [0.29, 0.717) is 19.5 Å². The average Bonchev–Trinajstić information content (AvgIpc) is 3.04. The Bertz CT molecular complexity index is 759. The molecule has 25 heavy (non-hydrogen) atoms. The smallest absolute Gasteiger partial charge is 0.249 e. The number of carbonyl (C=O) groups excluding carboxylic acids is 2. The number of rotatable bonds is 5. The third kappa shape index (κ3) is 3.76. The Hall–Kier alpha value is -2.95. The highest BCUT2D eigenvalue weighted by atomic mass is 16.2. The van der Waals surface area contributed by atoms with E-state index in [1.54, 1.807) is 28.3 Å². The van der Waals surface area contributed by atoms with Gasteiger partial charge in [0.25, 0.3) is 0 Å². The quantitative estimate of drug-likeness (QED) is 0.790. The fourth-order valence-corrected chi connectivity index (χ4v) is 3.09. The first kappa shape index (κ1) is 16.9. The molecular weight excluding hydrogens is 314 g/mol. The van der Waals surface area contributed by atoms with Crippen LogP contribution in [0.2, 0.25) is 0 Å². The molecule has 0 N–H and O–H groups in total. The van der Waals surface area contributed by atoms with Crippen molar-refractivity contribution in [2.24, 2.45) is 0 Å². The lowest BCUT2D eigenvalue weighted by Gasteiger charge is -2.25. The largest absolute Gasteiger partial charge is 0.327 e. The number of nitrogens with zero attached hydrogens (tertiary/aromatic N) is 3. The molecule has 5 nitrogen and oxygen atoms in total. The highest BCUT2D eigenvalue weighted by Crippen LogP contribution is 2.24. The number of aromatic nitrogens is 1. The van der Waals surface area contributed by atoms with E-state index in [-0.39, 0.29) is 11.8 Å². The fraction of sp³-hybridized carbons (Fsp3) is 0.250. The van der Waals surface area contributed by atoms with E-state index < -0.39 is 6.04 Å². The standard InChI is InChI=1S/C20H21N3O2/c1-2-22(19(24)9-8-16-10-13-21-14-11-16)18-12-15-23(20(18)25)17-6-4-3-5-7-17/h3-11,13-14,18H,2,12,15H2,1H3/b9-8+. The normalized spacial score (nSPS) is 17.2. The van der Waals surface area contributed by atoms with E-state index in [4.69, 9.17) is 0 Å². The second-order valence-corrected chi connectivity index (χ2v) is 5.87. The predicted molar refractivity (Wildman–Crippen MR) is 97.9 cm³/mol. The topological polar surface area (TPSA) is 53.5 Å². The number of carbonyl (C=O) groups is 2. The SMILES string of the molecule is CCN(C(=O)/C=C/c1ccncc1)C1CCN(c2ccccc2)C1=O. The monoisotopic (exact) mass is 335 g/mol. The molecule has 0 radical (unpaired) electrons. The van der Waals surface area contributed by atoms with Crippen molar-refractivity contribution in [3.05, 3.63) is 66.5 Å². The summed E-state index contributed by atoms with van der Waals surface area (Å²) in [5.74, 6) is -0.161. The molecule has 2 amide bonds. The summed E-state index contributed by atoms with van der Waals surface area (Å²) in [5, 5.41) is 0. The van der Waals surface area contributed by atoms with Gasteiger partial charge in [0, 0.05) is 37.2 Å². The summed E-state index contributed by atoms with van der Waals surface area (Å²) in [6.07, 6.45) is 7.29. The van der Waals surface area contributed by atoms with Crippen LogP contribution in [0.25, 0.3) is 6.08 Å². The Balaban J connectivity index is 1.72. The number of pyridine rings is 1. The summed E-state index contributed by atoms with van der Waals surface area (Å²) in [4.78, 5) is 32.7. The van der Waals surface area contributed by atoms with Crippen molar-refractivity contribution in [2.45, 2.75) is 19.4 Å². The summed E-state index contributed by atoms with van der Waals surface area (Å²) in [7, 11) is 0. The van der Waals surface area contributed by atoms with E-state index in [1.165, 1.54) is 6.08 Å². The molecule has 2 heterocycles. The van der Waals surface area contributed by atoms with Gasteiger partial charge in [-0.15, -0.1) is 0 Å². The fourth-order valence-electron chi connectivity index (χ4n) is 3.09. The molecule has 1 fully saturated rings.